The molecule has 3 rings (SSSR count). The van der Waals surface area contributed by atoms with E-state index in [1.54, 1.807) is 11.3 Å². The molecule has 1 heterocycles. The first kappa shape index (κ1) is 11.9. The van der Waals surface area contributed by atoms with Gasteiger partial charge in [0.1, 0.15) is 5.01 Å². The Kier molecular flexibility index (Phi) is 3.56. The molecule has 3 heteroatoms. The largest absolute Gasteiger partial charge is 0.378 e. The molecule has 0 aliphatic heterocycles. The molecule has 94 valence electrons. The lowest BCUT2D eigenvalue weighted by Crippen LogP contribution is -2.00. The van der Waals surface area contributed by atoms with Crippen molar-refractivity contribution in [2.45, 2.75) is 6.54 Å². The number of para-hydroxylation sites is 1. The van der Waals surface area contributed by atoms with E-state index in [9.17, 15) is 0 Å². The molecule has 0 aliphatic carbocycles. The molecule has 0 radical (unpaired) electrons. The summed E-state index contributed by atoms with van der Waals surface area (Å²) in [5, 5.41) is 6.56. The lowest BCUT2D eigenvalue weighted by atomic mass is 10.0. The van der Waals surface area contributed by atoms with Crippen LogP contribution in [0.5, 0.6) is 0 Å². The van der Waals surface area contributed by atoms with E-state index in [2.05, 4.69) is 58.8 Å². The summed E-state index contributed by atoms with van der Waals surface area (Å²) in [6.45, 7) is 0.765. The summed E-state index contributed by atoms with van der Waals surface area (Å²) in [4.78, 5) is 4.29. The van der Waals surface area contributed by atoms with Gasteiger partial charge in [-0.05, 0) is 11.6 Å². The van der Waals surface area contributed by atoms with E-state index in [0.717, 1.165) is 17.2 Å². The van der Waals surface area contributed by atoms with E-state index in [0.29, 0.717) is 0 Å². The molecule has 2 nitrogen and oxygen atoms in total. The van der Waals surface area contributed by atoms with Crippen LogP contribution in [-0.4, -0.2) is 4.98 Å². The average Bonchev–Trinajstić information content (AvgIpc) is 3.00. The van der Waals surface area contributed by atoms with Gasteiger partial charge in [-0.1, -0.05) is 48.5 Å². The van der Waals surface area contributed by atoms with Crippen LogP contribution >= 0.6 is 11.3 Å². The normalized spacial score (nSPS) is 10.3. The molecule has 1 aromatic heterocycles. The van der Waals surface area contributed by atoms with Gasteiger partial charge in [0, 0.05) is 22.8 Å². The highest BCUT2D eigenvalue weighted by Crippen LogP contribution is 2.27. The molecule has 0 aliphatic rings. The first-order chi connectivity index (χ1) is 9.43. The van der Waals surface area contributed by atoms with Crippen LogP contribution in [0.1, 0.15) is 5.01 Å². The molecular weight excluding hydrogens is 252 g/mol. The quantitative estimate of drug-likeness (QED) is 0.756. The smallest absolute Gasteiger partial charge is 0.112 e. The standard InChI is InChI=1S/C16H14N2S/c1-2-6-13(7-3-1)14-8-4-5-9-15(14)18-12-16-17-10-11-19-16/h1-11,18H,12H2. The van der Waals surface area contributed by atoms with Crippen LogP contribution in [0.4, 0.5) is 5.69 Å². The Bertz CT molecular complexity index is 633. The second-order valence-electron chi connectivity index (χ2n) is 4.19. The third-order valence-electron chi connectivity index (χ3n) is 2.93. The average molecular weight is 266 g/mol. The maximum Gasteiger partial charge on any atom is 0.112 e. The van der Waals surface area contributed by atoms with Crippen molar-refractivity contribution in [1.82, 2.24) is 4.98 Å². The maximum absolute atomic E-state index is 4.29. The monoisotopic (exact) mass is 266 g/mol. The Balaban J connectivity index is 1.85. The van der Waals surface area contributed by atoms with Gasteiger partial charge in [-0.3, -0.25) is 0 Å². The second-order valence-corrected chi connectivity index (χ2v) is 5.17. The molecule has 0 spiro atoms. The van der Waals surface area contributed by atoms with Crippen LogP contribution in [0.3, 0.4) is 0 Å². The number of hydrogen-bond donors (Lipinski definition) is 1. The Labute approximate surface area is 116 Å². The van der Waals surface area contributed by atoms with Crippen LogP contribution in [0.25, 0.3) is 11.1 Å². The summed E-state index contributed by atoms with van der Waals surface area (Å²) in [7, 11) is 0. The predicted molar refractivity (Wildman–Crippen MR) is 81.3 cm³/mol. The second kappa shape index (κ2) is 5.67. The number of hydrogen-bond acceptors (Lipinski definition) is 3. The van der Waals surface area contributed by atoms with E-state index in [1.165, 1.54) is 11.1 Å². The van der Waals surface area contributed by atoms with E-state index in [1.807, 2.05) is 17.6 Å². The maximum atomic E-state index is 4.29. The van der Waals surface area contributed by atoms with Crippen molar-refractivity contribution < 1.29 is 0 Å². The molecule has 0 amide bonds. The number of rotatable bonds is 4. The third kappa shape index (κ3) is 2.83. The van der Waals surface area contributed by atoms with E-state index in [-0.39, 0.29) is 0 Å². The Morgan fingerprint density at radius 2 is 1.74 bits per heavy atom. The first-order valence-electron chi connectivity index (χ1n) is 6.20. The number of nitrogens with one attached hydrogen (secondary N) is 1. The van der Waals surface area contributed by atoms with Gasteiger partial charge >= 0.3 is 0 Å². The minimum absolute atomic E-state index is 0.765. The van der Waals surface area contributed by atoms with Crippen molar-refractivity contribution in [2.75, 3.05) is 5.32 Å². The molecular formula is C16H14N2S. The summed E-state index contributed by atoms with van der Waals surface area (Å²) in [5.41, 5.74) is 3.59. The van der Waals surface area contributed by atoms with Gasteiger partial charge in [0.15, 0.2) is 0 Å². The number of nitrogens with zero attached hydrogens (tertiary/aromatic N) is 1. The van der Waals surface area contributed by atoms with Gasteiger partial charge in [-0.25, -0.2) is 4.98 Å². The minimum atomic E-state index is 0.765. The zero-order chi connectivity index (χ0) is 12.9. The molecule has 0 atom stereocenters. The Morgan fingerprint density at radius 3 is 2.53 bits per heavy atom. The van der Waals surface area contributed by atoms with Crippen molar-refractivity contribution in [2.24, 2.45) is 0 Å². The SMILES string of the molecule is c1ccc(-c2ccccc2NCc2nccs2)cc1. The number of benzene rings is 2. The van der Waals surface area contributed by atoms with Crippen LogP contribution in [-0.2, 0) is 6.54 Å². The van der Waals surface area contributed by atoms with Gasteiger partial charge in [0.2, 0.25) is 0 Å². The zero-order valence-corrected chi connectivity index (χ0v) is 11.2. The van der Waals surface area contributed by atoms with Gasteiger partial charge in [0.05, 0.1) is 6.54 Å². The molecule has 0 bridgehead atoms. The molecule has 19 heavy (non-hydrogen) atoms. The summed E-state index contributed by atoms with van der Waals surface area (Å²) >= 11 is 1.67. The number of thiazole rings is 1. The first-order valence-corrected chi connectivity index (χ1v) is 7.08. The van der Waals surface area contributed by atoms with Gasteiger partial charge in [0.25, 0.3) is 0 Å². The summed E-state index contributed by atoms with van der Waals surface area (Å²) in [5.74, 6) is 0. The summed E-state index contributed by atoms with van der Waals surface area (Å²) in [6.07, 6.45) is 1.84. The topological polar surface area (TPSA) is 24.9 Å². The van der Waals surface area contributed by atoms with E-state index < -0.39 is 0 Å². The fourth-order valence-corrected chi connectivity index (χ4v) is 2.57. The minimum Gasteiger partial charge on any atom is -0.378 e. The molecule has 0 unspecified atom stereocenters. The zero-order valence-electron chi connectivity index (χ0n) is 10.4. The van der Waals surface area contributed by atoms with E-state index in [4.69, 9.17) is 0 Å². The molecule has 0 saturated heterocycles. The fourth-order valence-electron chi connectivity index (χ4n) is 2.02. The Hall–Kier alpha value is -2.13. The van der Waals surface area contributed by atoms with Gasteiger partial charge in [-0.15, -0.1) is 11.3 Å². The molecule has 0 saturated carbocycles. The number of anilines is 1. The van der Waals surface area contributed by atoms with Crippen LogP contribution in [0, 0.1) is 0 Å². The highest BCUT2D eigenvalue weighted by atomic mass is 32.1. The molecule has 0 fully saturated rings. The molecule has 3 aromatic rings. The predicted octanol–water partition coefficient (Wildman–Crippen LogP) is 4.42. The van der Waals surface area contributed by atoms with E-state index >= 15 is 0 Å². The molecule has 1 N–H and O–H groups in total. The number of aromatic nitrogens is 1. The summed E-state index contributed by atoms with van der Waals surface area (Å²) in [6, 6.07) is 18.8. The summed E-state index contributed by atoms with van der Waals surface area (Å²) < 4.78 is 0. The van der Waals surface area contributed by atoms with Crippen molar-refractivity contribution in [1.29, 1.82) is 0 Å². The van der Waals surface area contributed by atoms with Crippen LogP contribution in [0.2, 0.25) is 0 Å². The van der Waals surface area contributed by atoms with Crippen molar-refractivity contribution in [3.63, 3.8) is 0 Å². The van der Waals surface area contributed by atoms with Crippen LogP contribution < -0.4 is 5.32 Å². The van der Waals surface area contributed by atoms with Crippen molar-refractivity contribution >= 4 is 17.0 Å². The van der Waals surface area contributed by atoms with Crippen molar-refractivity contribution in [3.05, 3.63) is 71.2 Å². The highest BCUT2D eigenvalue weighted by molar-refractivity contribution is 7.09. The Morgan fingerprint density at radius 1 is 0.947 bits per heavy atom. The fraction of sp³-hybridized carbons (Fsp3) is 0.0625. The third-order valence-corrected chi connectivity index (χ3v) is 3.71. The van der Waals surface area contributed by atoms with Crippen molar-refractivity contribution in [3.8, 4) is 11.1 Å². The highest BCUT2D eigenvalue weighted by Gasteiger charge is 2.04. The van der Waals surface area contributed by atoms with Gasteiger partial charge < -0.3 is 5.32 Å². The lowest BCUT2D eigenvalue weighted by Gasteiger charge is -2.11. The molecule has 2 aromatic carbocycles. The van der Waals surface area contributed by atoms with Gasteiger partial charge in [-0.2, -0.15) is 0 Å². The lowest BCUT2D eigenvalue weighted by molar-refractivity contribution is 1.10. The van der Waals surface area contributed by atoms with Crippen LogP contribution in [0.15, 0.2) is 66.2 Å².